The van der Waals surface area contributed by atoms with E-state index in [0.29, 0.717) is 18.0 Å². The predicted octanol–water partition coefficient (Wildman–Crippen LogP) is 6.00. The van der Waals surface area contributed by atoms with Gasteiger partial charge >= 0.3 is 0 Å². The van der Waals surface area contributed by atoms with Gasteiger partial charge in [-0.15, -0.1) is 0 Å². The van der Waals surface area contributed by atoms with Crippen LogP contribution in [0.5, 0.6) is 17.2 Å². The Bertz CT molecular complexity index is 2000. The molecular weight excluding hydrogens is 568 g/mol. The van der Waals surface area contributed by atoms with Crippen LogP contribution in [0.2, 0.25) is 0 Å². The minimum atomic E-state index is 0.216. The molecule has 0 radical (unpaired) electrons. The Morgan fingerprint density at radius 2 is 1.56 bits per heavy atom. The molecular formula is C35H32N6O4+2. The van der Waals surface area contributed by atoms with Gasteiger partial charge < -0.3 is 14.1 Å². The molecule has 0 spiro atoms. The number of imidazole rings is 3. The van der Waals surface area contributed by atoms with Crippen molar-refractivity contribution in [3.8, 4) is 45.5 Å². The van der Waals surface area contributed by atoms with Crippen LogP contribution in [0, 0.1) is 0 Å². The zero-order valence-corrected chi connectivity index (χ0v) is 24.8. The van der Waals surface area contributed by atoms with Gasteiger partial charge in [0.05, 0.1) is 37.1 Å². The van der Waals surface area contributed by atoms with Crippen LogP contribution in [0.25, 0.3) is 28.2 Å². The van der Waals surface area contributed by atoms with Gasteiger partial charge in [0, 0.05) is 11.1 Å². The second-order valence-electron chi connectivity index (χ2n) is 10.9. The third-order valence-electron chi connectivity index (χ3n) is 7.42. The van der Waals surface area contributed by atoms with Crippen molar-refractivity contribution in [3.05, 3.63) is 141 Å². The number of hydrogen-bond acceptors (Lipinski definition) is 5. The third-order valence-corrected chi connectivity index (χ3v) is 7.42. The van der Waals surface area contributed by atoms with Gasteiger partial charge in [-0.1, -0.05) is 0 Å². The summed E-state index contributed by atoms with van der Waals surface area (Å²) < 4.78 is 15.0. The Morgan fingerprint density at radius 3 is 2.24 bits per heavy atom. The highest BCUT2D eigenvalue weighted by Gasteiger charge is 2.20. The number of aromatic hydroxyl groups is 1. The van der Waals surface area contributed by atoms with Crippen LogP contribution in [-0.2, 0) is 6.54 Å². The highest BCUT2D eigenvalue weighted by atomic mass is 16.7. The maximum Gasteiger partial charge on any atom is 0.289 e. The molecule has 0 amide bonds. The van der Waals surface area contributed by atoms with Gasteiger partial charge in [0.15, 0.2) is 29.6 Å². The van der Waals surface area contributed by atoms with Crippen molar-refractivity contribution >= 4 is 0 Å². The van der Waals surface area contributed by atoms with Crippen LogP contribution >= 0.6 is 0 Å². The number of furan rings is 1. The maximum atomic E-state index is 9.55. The summed E-state index contributed by atoms with van der Waals surface area (Å²) in [5.41, 5.74) is 5.00. The molecule has 7 rings (SSSR count). The molecule has 0 saturated carbocycles. The maximum absolute atomic E-state index is 9.55. The van der Waals surface area contributed by atoms with Crippen LogP contribution in [-0.4, -0.2) is 24.1 Å². The van der Waals surface area contributed by atoms with Crippen molar-refractivity contribution in [1.82, 2.24) is 19.0 Å². The normalized spacial score (nSPS) is 11.3. The third kappa shape index (κ3) is 6.07. The van der Waals surface area contributed by atoms with E-state index in [1.165, 1.54) is 0 Å². The van der Waals surface area contributed by atoms with Gasteiger partial charge in [-0.2, -0.15) is 4.57 Å². The highest BCUT2D eigenvalue weighted by Crippen LogP contribution is 2.25. The lowest BCUT2D eigenvalue weighted by molar-refractivity contribution is -0.706. The standard InChI is InChI=1S/C35H31N6O4/c1-26(2)41-25-40(45-32-13-5-27(6-14-32)34-20-36-23-38(34)21-33-4-3-19-43-33)22-35(41)28-7-15-31(16-8-28)44-39-18-17-37(24-39)29-9-11-30(42)12-10-29/h3-20,22-26H,21H2,1-2H3/q+1/p+1. The fourth-order valence-corrected chi connectivity index (χ4v) is 5.13. The lowest BCUT2D eigenvalue weighted by Gasteiger charge is -2.07. The summed E-state index contributed by atoms with van der Waals surface area (Å²) in [6.45, 7) is 4.89. The van der Waals surface area contributed by atoms with E-state index in [0.717, 1.165) is 34.0 Å². The summed E-state index contributed by atoms with van der Waals surface area (Å²) >= 11 is 0. The van der Waals surface area contributed by atoms with Crippen molar-refractivity contribution in [2.24, 2.45) is 0 Å². The van der Waals surface area contributed by atoms with Crippen molar-refractivity contribution in [3.63, 3.8) is 0 Å². The summed E-state index contributed by atoms with van der Waals surface area (Å²) in [6, 6.07) is 27.0. The molecule has 0 aliphatic rings. The van der Waals surface area contributed by atoms with E-state index in [4.69, 9.17) is 14.1 Å². The van der Waals surface area contributed by atoms with Crippen molar-refractivity contribution in [1.29, 1.82) is 0 Å². The highest BCUT2D eigenvalue weighted by molar-refractivity contribution is 5.60. The van der Waals surface area contributed by atoms with Crippen LogP contribution in [0.1, 0.15) is 25.6 Å². The number of nitrogens with zero attached hydrogens (tertiary/aromatic N) is 6. The minimum Gasteiger partial charge on any atom is -0.508 e. The van der Waals surface area contributed by atoms with Crippen LogP contribution in [0.3, 0.4) is 0 Å². The number of phenolic OH excluding ortho intramolecular Hbond substituents is 1. The molecule has 3 aromatic carbocycles. The molecule has 4 aromatic heterocycles. The first-order valence-electron chi connectivity index (χ1n) is 14.6. The van der Waals surface area contributed by atoms with Gasteiger partial charge in [0.1, 0.15) is 23.4 Å². The summed E-state index contributed by atoms with van der Waals surface area (Å²) in [5, 5.41) is 9.55. The number of benzene rings is 3. The van der Waals surface area contributed by atoms with Gasteiger partial charge in [-0.3, -0.25) is 9.68 Å². The predicted molar refractivity (Wildman–Crippen MR) is 166 cm³/mol. The molecule has 7 aromatic rings. The summed E-state index contributed by atoms with van der Waals surface area (Å²) in [4.78, 5) is 16.6. The van der Waals surface area contributed by atoms with E-state index < -0.39 is 0 Å². The van der Waals surface area contributed by atoms with Gasteiger partial charge in [-0.25, -0.2) is 9.55 Å². The van der Waals surface area contributed by atoms with Gasteiger partial charge in [-0.05, 0) is 108 Å². The number of hydrogen-bond donors (Lipinski definition) is 1. The van der Waals surface area contributed by atoms with Crippen LogP contribution in [0.4, 0.5) is 0 Å². The second-order valence-corrected chi connectivity index (χ2v) is 10.9. The molecule has 0 fully saturated rings. The fraction of sp³-hybridized carbons (Fsp3) is 0.114. The lowest BCUT2D eigenvalue weighted by Crippen LogP contribution is -2.36. The lowest BCUT2D eigenvalue weighted by atomic mass is 10.1. The van der Waals surface area contributed by atoms with Gasteiger partial charge in [0.25, 0.3) is 12.7 Å². The average Bonchev–Trinajstić information content (AvgIpc) is 3.87. The first-order chi connectivity index (χ1) is 22.0. The van der Waals surface area contributed by atoms with E-state index in [1.807, 2.05) is 121 Å². The molecule has 0 atom stereocenters. The Balaban J connectivity index is 1.05. The Kier molecular flexibility index (Phi) is 7.36. The summed E-state index contributed by atoms with van der Waals surface area (Å²) in [5.74, 6) is 2.52. The largest absolute Gasteiger partial charge is 0.508 e. The minimum absolute atomic E-state index is 0.216. The molecule has 10 nitrogen and oxygen atoms in total. The molecule has 45 heavy (non-hydrogen) atoms. The Labute approximate surface area is 259 Å². The number of phenols is 1. The average molecular weight is 601 g/mol. The van der Waals surface area contributed by atoms with E-state index in [9.17, 15) is 5.11 Å². The molecule has 4 heterocycles. The smallest absolute Gasteiger partial charge is 0.289 e. The molecule has 10 heteroatoms. The first kappa shape index (κ1) is 27.8. The molecule has 0 aliphatic heterocycles. The molecule has 0 saturated heterocycles. The van der Waals surface area contributed by atoms with E-state index >= 15 is 0 Å². The molecule has 224 valence electrons. The molecule has 0 aliphatic carbocycles. The quantitative estimate of drug-likeness (QED) is 0.195. The Hall–Kier alpha value is -6.03. The Morgan fingerprint density at radius 1 is 0.844 bits per heavy atom. The van der Waals surface area contributed by atoms with Crippen molar-refractivity contribution in [2.45, 2.75) is 26.4 Å². The number of rotatable bonds is 10. The molecule has 0 unspecified atom stereocenters. The fourth-order valence-electron chi connectivity index (χ4n) is 5.13. The van der Waals surface area contributed by atoms with Crippen molar-refractivity contribution < 1.29 is 28.3 Å². The zero-order valence-electron chi connectivity index (χ0n) is 24.8. The summed E-state index contributed by atoms with van der Waals surface area (Å²) in [7, 11) is 0. The van der Waals surface area contributed by atoms with E-state index in [1.54, 1.807) is 27.9 Å². The first-order valence-corrected chi connectivity index (χ1v) is 14.6. The monoisotopic (exact) mass is 600 g/mol. The number of aromatic nitrogens is 6. The summed E-state index contributed by atoms with van der Waals surface area (Å²) in [6.07, 6.45) is 14.8. The van der Waals surface area contributed by atoms with Crippen LogP contribution in [0.15, 0.2) is 139 Å². The topological polar surface area (TPSA) is 87.3 Å². The zero-order chi connectivity index (χ0) is 30.8. The molecule has 0 bridgehead atoms. The van der Waals surface area contributed by atoms with E-state index in [-0.39, 0.29) is 11.8 Å². The molecule has 1 N–H and O–H groups in total. The van der Waals surface area contributed by atoms with E-state index in [2.05, 4.69) is 28.0 Å². The van der Waals surface area contributed by atoms with Crippen molar-refractivity contribution in [2.75, 3.05) is 0 Å². The van der Waals surface area contributed by atoms with Crippen LogP contribution < -0.4 is 18.8 Å². The van der Waals surface area contributed by atoms with Gasteiger partial charge in [0.2, 0.25) is 0 Å². The second kappa shape index (κ2) is 11.9. The SMILES string of the molecule is CC(C)[n+]1cn(Oc2ccc(-c3cncn3Cc3ccco3)cc2)cc1-c1ccc(On2cc[n+](-c3ccc(O)cc3)c2)cc1.